The molecule has 2 aromatic carbocycles. The van der Waals surface area contributed by atoms with Gasteiger partial charge in [0.2, 0.25) is 0 Å². The minimum atomic E-state index is -2.05. The van der Waals surface area contributed by atoms with Crippen LogP contribution in [0.25, 0.3) is 6.08 Å². The number of carbonyl (C=O) groups is 1. The molecule has 0 aliphatic carbocycles. The van der Waals surface area contributed by atoms with E-state index in [1.54, 1.807) is 0 Å². The average Bonchev–Trinajstić information content (AvgIpc) is 3.42. The standard InChI is InChI=1S/C34H44O19/c1-15-24(41)25(42)26(43)32(50-15)53-29-27(44)31(47-9-8-17-3-6-19(37)21(39)11-17)51-22(12-48-33-30(45)34(46,13-35)14-49-33)28(29)52-23(40)7-4-16-2-5-18(36)20(38)10-16/h2-7,10-11,15,22,24-33,35-39,41-46H,8-9,12-14H2,1H3/t15-,22+,24+,25-,26+,27+,28+,29-,30-,31+,32-,33-,34+/m0/s1. The van der Waals surface area contributed by atoms with Gasteiger partial charge in [0.05, 0.1) is 32.5 Å². The maximum Gasteiger partial charge on any atom is 0.331 e. The van der Waals surface area contributed by atoms with E-state index in [0.29, 0.717) is 5.56 Å². The van der Waals surface area contributed by atoms with Gasteiger partial charge in [0.25, 0.3) is 0 Å². The van der Waals surface area contributed by atoms with Crippen molar-refractivity contribution in [2.75, 3.05) is 26.4 Å². The molecule has 53 heavy (non-hydrogen) atoms. The van der Waals surface area contributed by atoms with Gasteiger partial charge in [-0.2, -0.15) is 0 Å². The first kappa shape index (κ1) is 40.5. The molecule has 13 atom stereocenters. The van der Waals surface area contributed by atoms with Gasteiger partial charge >= 0.3 is 5.97 Å². The molecule has 3 fully saturated rings. The van der Waals surface area contributed by atoms with Gasteiger partial charge in [-0.1, -0.05) is 12.1 Å². The van der Waals surface area contributed by atoms with Crippen molar-refractivity contribution in [3.63, 3.8) is 0 Å². The van der Waals surface area contributed by atoms with Crippen LogP contribution < -0.4 is 0 Å². The molecule has 0 bridgehead atoms. The molecule has 294 valence electrons. The van der Waals surface area contributed by atoms with Crippen LogP contribution in [0.3, 0.4) is 0 Å². The van der Waals surface area contributed by atoms with E-state index in [0.717, 1.165) is 6.08 Å². The number of esters is 1. The van der Waals surface area contributed by atoms with Gasteiger partial charge in [-0.3, -0.25) is 0 Å². The van der Waals surface area contributed by atoms with Crippen LogP contribution in [0.2, 0.25) is 0 Å². The van der Waals surface area contributed by atoms with Crippen molar-refractivity contribution in [3.8, 4) is 23.0 Å². The predicted molar refractivity (Wildman–Crippen MR) is 174 cm³/mol. The molecule has 5 rings (SSSR count). The first-order valence-corrected chi connectivity index (χ1v) is 16.6. The van der Waals surface area contributed by atoms with Crippen LogP contribution in [-0.4, -0.2) is 168 Å². The van der Waals surface area contributed by atoms with Crippen molar-refractivity contribution >= 4 is 12.0 Å². The molecule has 3 heterocycles. The fourth-order valence-electron chi connectivity index (χ4n) is 5.87. The molecule has 0 radical (unpaired) electrons. The molecular weight excluding hydrogens is 712 g/mol. The molecule has 19 heteroatoms. The second-order valence-corrected chi connectivity index (χ2v) is 13.0. The highest BCUT2D eigenvalue weighted by molar-refractivity contribution is 5.87. The Morgan fingerprint density at radius 2 is 1.53 bits per heavy atom. The number of phenols is 4. The number of aromatic hydroxyl groups is 4. The zero-order valence-electron chi connectivity index (χ0n) is 28.3. The molecule has 0 unspecified atom stereocenters. The number of rotatable bonds is 13. The number of aliphatic hydroxyl groups excluding tert-OH is 6. The monoisotopic (exact) mass is 756 g/mol. The number of hydrogen-bond donors (Lipinski definition) is 11. The molecule has 3 aliphatic heterocycles. The summed E-state index contributed by atoms with van der Waals surface area (Å²) in [5, 5.41) is 112. The summed E-state index contributed by atoms with van der Waals surface area (Å²) in [4.78, 5) is 13.2. The van der Waals surface area contributed by atoms with Gasteiger partial charge in [0.1, 0.15) is 48.3 Å². The van der Waals surface area contributed by atoms with Crippen molar-refractivity contribution in [1.82, 2.24) is 0 Å². The van der Waals surface area contributed by atoms with E-state index in [2.05, 4.69) is 0 Å². The van der Waals surface area contributed by atoms with Crippen molar-refractivity contribution < 1.29 is 94.1 Å². The lowest BCUT2D eigenvalue weighted by atomic mass is 9.96. The van der Waals surface area contributed by atoms with Crippen LogP contribution in [0.5, 0.6) is 23.0 Å². The summed E-state index contributed by atoms with van der Waals surface area (Å²) in [6.07, 6.45) is -17.0. The van der Waals surface area contributed by atoms with E-state index in [1.807, 2.05) is 0 Å². The van der Waals surface area contributed by atoms with Gasteiger partial charge in [-0.15, -0.1) is 0 Å². The van der Waals surface area contributed by atoms with E-state index in [-0.39, 0.29) is 30.1 Å². The van der Waals surface area contributed by atoms with E-state index in [4.69, 9.17) is 33.2 Å². The van der Waals surface area contributed by atoms with Crippen LogP contribution in [0, 0.1) is 0 Å². The summed E-state index contributed by atoms with van der Waals surface area (Å²) in [6.45, 7) is -0.718. The number of hydrogen-bond acceptors (Lipinski definition) is 19. The molecule has 19 nitrogen and oxygen atoms in total. The number of benzene rings is 2. The molecule has 11 N–H and O–H groups in total. The first-order valence-electron chi connectivity index (χ1n) is 16.6. The predicted octanol–water partition coefficient (Wildman–Crippen LogP) is -2.55. The van der Waals surface area contributed by atoms with E-state index in [1.165, 1.54) is 49.4 Å². The first-order chi connectivity index (χ1) is 25.1. The van der Waals surface area contributed by atoms with Crippen molar-refractivity contribution in [1.29, 1.82) is 0 Å². The van der Waals surface area contributed by atoms with Crippen LogP contribution >= 0.6 is 0 Å². The second kappa shape index (κ2) is 17.2. The average molecular weight is 757 g/mol. The maximum atomic E-state index is 13.2. The highest BCUT2D eigenvalue weighted by Gasteiger charge is 2.54. The Bertz CT molecular complexity index is 1570. The summed E-state index contributed by atoms with van der Waals surface area (Å²) in [6, 6.07) is 7.83. The molecule has 0 aromatic heterocycles. The third-order valence-corrected chi connectivity index (χ3v) is 9.09. The Balaban J connectivity index is 1.42. The lowest BCUT2D eigenvalue weighted by molar-refractivity contribution is -0.360. The summed E-state index contributed by atoms with van der Waals surface area (Å²) < 4.78 is 40.0. The molecule has 3 aliphatic rings. The minimum Gasteiger partial charge on any atom is -0.504 e. The largest absolute Gasteiger partial charge is 0.504 e. The van der Waals surface area contributed by atoms with Crippen LogP contribution in [0.15, 0.2) is 42.5 Å². The third-order valence-electron chi connectivity index (χ3n) is 9.09. The topological polar surface area (TPSA) is 304 Å². The Morgan fingerprint density at radius 3 is 2.19 bits per heavy atom. The van der Waals surface area contributed by atoms with Crippen LogP contribution in [0.1, 0.15) is 18.1 Å². The number of phenolic OH excluding ortho intramolecular Hbond substituents is 4. The summed E-state index contributed by atoms with van der Waals surface area (Å²) in [5.74, 6) is -2.62. The van der Waals surface area contributed by atoms with Crippen molar-refractivity contribution in [2.45, 2.75) is 92.8 Å². The Hall–Kier alpha value is -3.67. The highest BCUT2D eigenvalue weighted by Crippen LogP contribution is 2.34. The molecule has 0 amide bonds. The number of carbonyl (C=O) groups excluding carboxylic acids is 1. The third kappa shape index (κ3) is 9.35. The van der Waals surface area contributed by atoms with Crippen LogP contribution in [-0.2, 0) is 44.4 Å². The summed E-state index contributed by atoms with van der Waals surface area (Å²) in [5.41, 5.74) is -1.24. The van der Waals surface area contributed by atoms with Crippen molar-refractivity contribution in [3.05, 3.63) is 53.6 Å². The van der Waals surface area contributed by atoms with Gasteiger partial charge in [-0.25, -0.2) is 4.79 Å². The molecule has 0 spiro atoms. The fraction of sp³-hybridized carbons (Fsp3) is 0.559. The SMILES string of the molecule is C[C@@H]1O[C@@H](O[C@H]2[C@@H](O)[C@H](OCCc3ccc(O)c(O)c3)O[C@H](CO[C@H]3OC[C@](O)(CO)[C@H]3O)[C@H]2OC(=O)C=Cc2ccc(O)c(O)c2)[C@H](O)[C@@H](O)[C@@H]1O. The van der Waals surface area contributed by atoms with Crippen LogP contribution in [0.4, 0.5) is 0 Å². The summed E-state index contributed by atoms with van der Waals surface area (Å²) in [7, 11) is 0. The second-order valence-electron chi connectivity index (χ2n) is 13.0. The molecule has 0 saturated carbocycles. The summed E-state index contributed by atoms with van der Waals surface area (Å²) >= 11 is 0. The van der Waals surface area contributed by atoms with Gasteiger partial charge in [-0.05, 0) is 54.8 Å². The molecule has 3 saturated heterocycles. The zero-order valence-corrected chi connectivity index (χ0v) is 28.3. The molecule has 2 aromatic rings. The minimum absolute atomic E-state index is 0.136. The number of aliphatic hydroxyl groups is 7. The smallest absolute Gasteiger partial charge is 0.331 e. The number of ether oxygens (including phenoxy) is 7. The highest BCUT2D eigenvalue weighted by atomic mass is 16.8. The Labute approximate surface area is 302 Å². The quantitative estimate of drug-likeness (QED) is 0.0569. The van der Waals surface area contributed by atoms with Crippen molar-refractivity contribution in [2.24, 2.45) is 0 Å². The normalized spacial score (nSPS) is 36.2. The van der Waals surface area contributed by atoms with E-state index < -0.39 is 117 Å². The van der Waals surface area contributed by atoms with E-state index in [9.17, 15) is 61.0 Å². The fourth-order valence-corrected chi connectivity index (χ4v) is 5.87. The van der Waals surface area contributed by atoms with E-state index >= 15 is 0 Å². The molecular formula is C34H44O19. The Morgan fingerprint density at radius 1 is 0.830 bits per heavy atom. The van der Waals surface area contributed by atoms with Gasteiger partial charge in [0.15, 0.2) is 48.0 Å². The zero-order chi connectivity index (χ0) is 38.6. The lowest BCUT2D eigenvalue weighted by Gasteiger charge is -2.46. The maximum absolute atomic E-state index is 13.2. The van der Waals surface area contributed by atoms with Gasteiger partial charge < -0.3 is 89.3 Å². The Kier molecular flexibility index (Phi) is 13.2. The lowest BCUT2D eigenvalue weighted by Crippen LogP contribution is -2.65. The van der Waals surface area contributed by atoms with Gasteiger partial charge in [0, 0.05) is 6.08 Å².